The van der Waals surface area contributed by atoms with Crippen LogP contribution in [0.3, 0.4) is 0 Å². The Morgan fingerprint density at radius 1 is 0.714 bits per heavy atom. The molecule has 1 saturated heterocycles. The van der Waals surface area contributed by atoms with E-state index in [0.717, 1.165) is 5.69 Å². The van der Waals surface area contributed by atoms with Gasteiger partial charge in [-0.3, -0.25) is 9.59 Å². The van der Waals surface area contributed by atoms with E-state index in [9.17, 15) is 31.5 Å². The monoisotopic (exact) mass is 509 g/mol. The van der Waals surface area contributed by atoms with Gasteiger partial charge in [0.1, 0.15) is 5.56 Å². The van der Waals surface area contributed by atoms with E-state index in [1.54, 1.807) is 41.3 Å². The smallest absolute Gasteiger partial charge is 0.261 e. The number of carbonyl (C=O) groups excluding carboxylic acids is 2. The molecule has 1 heterocycles. The molecular formula is C24H17ClF5N3O2. The maximum atomic E-state index is 13.9. The van der Waals surface area contributed by atoms with Crippen LogP contribution in [0.15, 0.2) is 48.5 Å². The van der Waals surface area contributed by atoms with Gasteiger partial charge in [-0.15, -0.1) is 0 Å². The molecule has 2 amide bonds. The van der Waals surface area contributed by atoms with Crippen LogP contribution < -0.4 is 10.2 Å². The topological polar surface area (TPSA) is 52.7 Å². The van der Waals surface area contributed by atoms with E-state index in [0.29, 0.717) is 36.8 Å². The van der Waals surface area contributed by atoms with Crippen LogP contribution in [0.5, 0.6) is 0 Å². The summed E-state index contributed by atoms with van der Waals surface area (Å²) in [6, 6.07) is 12.8. The van der Waals surface area contributed by atoms with Crippen LogP contribution in [-0.2, 0) is 0 Å². The van der Waals surface area contributed by atoms with Crippen molar-refractivity contribution in [2.75, 3.05) is 36.4 Å². The fraction of sp³-hybridized carbons (Fsp3) is 0.167. The number of nitrogens with one attached hydrogen (secondary N) is 1. The molecule has 35 heavy (non-hydrogen) atoms. The first kappa shape index (κ1) is 24.5. The number of carbonyl (C=O) groups is 2. The van der Waals surface area contributed by atoms with Gasteiger partial charge in [0.25, 0.3) is 11.8 Å². The Bertz CT molecular complexity index is 1250. The van der Waals surface area contributed by atoms with Crippen LogP contribution >= 0.6 is 11.6 Å². The van der Waals surface area contributed by atoms with Crippen LogP contribution in [0.25, 0.3) is 0 Å². The van der Waals surface area contributed by atoms with Gasteiger partial charge in [0.15, 0.2) is 23.3 Å². The molecule has 0 spiro atoms. The lowest BCUT2D eigenvalue weighted by Crippen LogP contribution is -2.48. The number of hydrogen-bond donors (Lipinski definition) is 1. The highest BCUT2D eigenvalue weighted by Gasteiger charge is 2.30. The molecule has 0 unspecified atom stereocenters. The molecule has 182 valence electrons. The number of benzene rings is 3. The molecule has 0 radical (unpaired) electrons. The van der Waals surface area contributed by atoms with E-state index >= 15 is 0 Å². The van der Waals surface area contributed by atoms with Crippen molar-refractivity contribution in [2.45, 2.75) is 0 Å². The summed E-state index contributed by atoms with van der Waals surface area (Å²) in [4.78, 5) is 28.5. The lowest BCUT2D eigenvalue weighted by Gasteiger charge is -2.36. The minimum atomic E-state index is -2.34. The van der Waals surface area contributed by atoms with E-state index in [4.69, 9.17) is 11.6 Å². The molecule has 0 aliphatic carbocycles. The van der Waals surface area contributed by atoms with Crippen molar-refractivity contribution in [3.05, 3.63) is 93.8 Å². The first-order valence-electron chi connectivity index (χ1n) is 10.4. The van der Waals surface area contributed by atoms with Crippen LogP contribution in [-0.4, -0.2) is 42.9 Å². The molecule has 1 N–H and O–H groups in total. The first-order valence-corrected chi connectivity index (χ1v) is 10.8. The number of anilines is 2. The number of nitrogens with zero attached hydrogens (tertiary/aromatic N) is 2. The van der Waals surface area contributed by atoms with E-state index in [1.807, 2.05) is 4.90 Å². The number of amides is 2. The fourth-order valence-electron chi connectivity index (χ4n) is 3.70. The maximum Gasteiger partial charge on any atom is 0.261 e. The number of rotatable bonds is 4. The Hall–Kier alpha value is -3.66. The normalized spacial score (nSPS) is 13.7. The van der Waals surface area contributed by atoms with Crippen molar-refractivity contribution in [2.24, 2.45) is 0 Å². The largest absolute Gasteiger partial charge is 0.368 e. The van der Waals surface area contributed by atoms with Crippen molar-refractivity contribution >= 4 is 34.8 Å². The molecule has 11 heteroatoms. The van der Waals surface area contributed by atoms with Gasteiger partial charge in [0.05, 0.1) is 0 Å². The van der Waals surface area contributed by atoms with E-state index in [-0.39, 0.29) is 11.6 Å². The summed E-state index contributed by atoms with van der Waals surface area (Å²) >= 11 is 5.86. The van der Waals surface area contributed by atoms with Gasteiger partial charge in [-0.2, -0.15) is 0 Å². The Morgan fingerprint density at radius 3 is 1.77 bits per heavy atom. The molecule has 1 aliphatic heterocycles. The van der Waals surface area contributed by atoms with Crippen molar-refractivity contribution in [1.29, 1.82) is 0 Å². The summed E-state index contributed by atoms with van der Waals surface area (Å²) in [6.07, 6.45) is 0. The zero-order valence-electron chi connectivity index (χ0n) is 17.9. The first-order chi connectivity index (χ1) is 16.7. The molecule has 4 rings (SSSR count). The van der Waals surface area contributed by atoms with Crippen molar-refractivity contribution in [1.82, 2.24) is 4.90 Å². The van der Waals surface area contributed by atoms with Gasteiger partial charge in [0, 0.05) is 48.1 Å². The number of hydrogen-bond acceptors (Lipinski definition) is 3. The molecule has 0 saturated carbocycles. The van der Waals surface area contributed by atoms with E-state index in [1.165, 1.54) is 12.1 Å². The zero-order valence-corrected chi connectivity index (χ0v) is 18.7. The second-order valence-electron chi connectivity index (χ2n) is 7.73. The average molecular weight is 510 g/mol. The Labute approximate surface area is 201 Å². The molecule has 3 aromatic carbocycles. The Morgan fingerprint density at radius 2 is 1.23 bits per heavy atom. The molecule has 1 fully saturated rings. The minimum Gasteiger partial charge on any atom is -0.368 e. The molecule has 0 aromatic heterocycles. The third kappa shape index (κ3) is 4.93. The Kier molecular flexibility index (Phi) is 6.93. The minimum absolute atomic E-state index is 0.0965. The van der Waals surface area contributed by atoms with Gasteiger partial charge in [0.2, 0.25) is 5.82 Å². The van der Waals surface area contributed by atoms with Crippen LogP contribution in [0.4, 0.5) is 33.3 Å². The molecule has 0 atom stereocenters. The number of piperazine rings is 1. The van der Waals surface area contributed by atoms with Crippen molar-refractivity contribution in [3.8, 4) is 0 Å². The third-order valence-electron chi connectivity index (χ3n) is 5.59. The van der Waals surface area contributed by atoms with Gasteiger partial charge in [-0.1, -0.05) is 11.6 Å². The molecular weight excluding hydrogens is 493 g/mol. The molecule has 5 nitrogen and oxygen atoms in total. The fourth-order valence-corrected chi connectivity index (χ4v) is 3.82. The third-order valence-corrected chi connectivity index (χ3v) is 5.84. The lowest BCUT2D eigenvalue weighted by molar-refractivity contribution is 0.0746. The summed E-state index contributed by atoms with van der Waals surface area (Å²) in [5.74, 6) is -12.7. The summed E-state index contributed by atoms with van der Waals surface area (Å²) < 4.78 is 67.6. The summed E-state index contributed by atoms with van der Waals surface area (Å²) in [5, 5.41) is 2.67. The lowest BCUT2D eigenvalue weighted by atomic mass is 10.1. The highest BCUT2D eigenvalue weighted by molar-refractivity contribution is 6.30. The summed E-state index contributed by atoms with van der Waals surface area (Å²) in [5.41, 5.74) is -0.166. The predicted octanol–water partition coefficient (Wildman–Crippen LogP) is 5.25. The molecule has 0 bridgehead atoms. The molecule has 3 aromatic rings. The highest BCUT2D eigenvalue weighted by Crippen LogP contribution is 2.25. The van der Waals surface area contributed by atoms with Crippen LogP contribution in [0, 0.1) is 29.1 Å². The molecule has 1 aliphatic rings. The summed E-state index contributed by atoms with van der Waals surface area (Å²) in [6.45, 7) is 2.02. The summed E-state index contributed by atoms with van der Waals surface area (Å²) in [7, 11) is 0. The van der Waals surface area contributed by atoms with Gasteiger partial charge < -0.3 is 15.1 Å². The number of halogens is 6. The van der Waals surface area contributed by atoms with Gasteiger partial charge in [-0.05, 0) is 48.5 Å². The standard InChI is InChI=1S/C24H17ClF5N3O2/c25-14-3-1-13(2-4-14)24(35)33-11-9-32(10-12-33)16-7-5-15(6-8-16)31-23(34)17-18(26)20(28)22(30)21(29)19(17)27/h1-8H,9-12H2,(H,31,34). The van der Waals surface area contributed by atoms with Crippen molar-refractivity contribution < 1.29 is 31.5 Å². The Balaban J connectivity index is 1.39. The van der Waals surface area contributed by atoms with E-state index in [2.05, 4.69) is 5.32 Å². The average Bonchev–Trinajstić information content (AvgIpc) is 2.87. The predicted molar refractivity (Wildman–Crippen MR) is 120 cm³/mol. The SMILES string of the molecule is O=C(Nc1ccc(N2CCN(C(=O)c3ccc(Cl)cc3)CC2)cc1)c1c(F)c(F)c(F)c(F)c1F. The van der Waals surface area contributed by atoms with E-state index < -0.39 is 40.6 Å². The van der Waals surface area contributed by atoms with Gasteiger partial charge >= 0.3 is 0 Å². The quantitative estimate of drug-likeness (QED) is 0.297. The van der Waals surface area contributed by atoms with Crippen molar-refractivity contribution in [3.63, 3.8) is 0 Å². The second kappa shape index (κ2) is 9.91. The second-order valence-corrected chi connectivity index (χ2v) is 8.17. The highest BCUT2D eigenvalue weighted by atomic mass is 35.5. The zero-order chi connectivity index (χ0) is 25.3. The van der Waals surface area contributed by atoms with Crippen LogP contribution in [0.2, 0.25) is 5.02 Å². The van der Waals surface area contributed by atoms with Gasteiger partial charge in [-0.25, -0.2) is 22.0 Å². The van der Waals surface area contributed by atoms with Crippen LogP contribution in [0.1, 0.15) is 20.7 Å². The maximum absolute atomic E-state index is 13.9.